The van der Waals surface area contributed by atoms with Crippen LogP contribution in [-0.4, -0.2) is 36.3 Å². The standard InChI is InChI=1S/C10H16N2O2/c1-2-3-4-12-9(13)7-5-11-6-8(7)10(12)14/h7-8,11H,2-6H2,1H3. The summed E-state index contributed by atoms with van der Waals surface area (Å²) in [5, 5.41) is 3.09. The van der Waals surface area contributed by atoms with Crippen LogP contribution in [0.5, 0.6) is 0 Å². The molecule has 2 aliphatic rings. The lowest BCUT2D eigenvalue weighted by molar-refractivity contribution is -0.140. The molecule has 2 unspecified atom stereocenters. The number of carbonyl (C=O) groups is 2. The van der Waals surface area contributed by atoms with E-state index in [9.17, 15) is 9.59 Å². The number of nitrogens with zero attached hydrogens (tertiary/aromatic N) is 1. The molecule has 78 valence electrons. The van der Waals surface area contributed by atoms with E-state index in [1.165, 1.54) is 4.90 Å². The van der Waals surface area contributed by atoms with Gasteiger partial charge < -0.3 is 5.32 Å². The summed E-state index contributed by atoms with van der Waals surface area (Å²) in [5.74, 6) is -0.0596. The molecule has 0 aromatic heterocycles. The van der Waals surface area contributed by atoms with Crippen LogP contribution in [0.15, 0.2) is 0 Å². The van der Waals surface area contributed by atoms with Gasteiger partial charge in [-0.2, -0.15) is 0 Å². The number of carbonyl (C=O) groups excluding carboxylic acids is 2. The highest BCUT2D eigenvalue weighted by atomic mass is 16.2. The van der Waals surface area contributed by atoms with Crippen molar-refractivity contribution in [2.24, 2.45) is 11.8 Å². The lowest BCUT2D eigenvalue weighted by atomic mass is 10.00. The average molecular weight is 196 g/mol. The molecule has 2 fully saturated rings. The predicted molar refractivity (Wildman–Crippen MR) is 51.5 cm³/mol. The SMILES string of the molecule is CCCCN1C(=O)C2CNCC2C1=O. The lowest BCUT2D eigenvalue weighted by Crippen LogP contribution is -2.35. The van der Waals surface area contributed by atoms with E-state index in [-0.39, 0.29) is 23.7 Å². The van der Waals surface area contributed by atoms with Gasteiger partial charge in [0.05, 0.1) is 11.8 Å². The fourth-order valence-electron chi connectivity index (χ4n) is 2.24. The van der Waals surface area contributed by atoms with Gasteiger partial charge in [0.2, 0.25) is 11.8 Å². The van der Waals surface area contributed by atoms with Gasteiger partial charge in [0.15, 0.2) is 0 Å². The van der Waals surface area contributed by atoms with E-state index in [4.69, 9.17) is 0 Å². The monoisotopic (exact) mass is 196 g/mol. The molecule has 4 heteroatoms. The van der Waals surface area contributed by atoms with Gasteiger partial charge in [0, 0.05) is 19.6 Å². The normalized spacial score (nSPS) is 31.4. The zero-order chi connectivity index (χ0) is 10.1. The van der Waals surface area contributed by atoms with E-state index in [0.29, 0.717) is 19.6 Å². The van der Waals surface area contributed by atoms with Crippen molar-refractivity contribution in [3.63, 3.8) is 0 Å². The van der Waals surface area contributed by atoms with Crippen molar-refractivity contribution in [3.05, 3.63) is 0 Å². The van der Waals surface area contributed by atoms with Crippen LogP contribution >= 0.6 is 0 Å². The van der Waals surface area contributed by atoms with Crippen molar-refractivity contribution in [1.82, 2.24) is 10.2 Å². The number of hydrogen-bond donors (Lipinski definition) is 1. The molecule has 2 amide bonds. The number of nitrogens with one attached hydrogen (secondary N) is 1. The fourth-order valence-corrected chi connectivity index (χ4v) is 2.24. The molecule has 1 N–H and O–H groups in total. The van der Waals surface area contributed by atoms with Crippen LogP contribution in [0.3, 0.4) is 0 Å². The third-order valence-corrected chi connectivity index (χ3v) is 3.12. The zero-order valence-electron chi connectivity index (χ0n) is 8.45. The Kier molecular flexibility index (Phi) is 2.54. The number of amides is 2. The maximum Gasteiger partial charge on any atom is 0.234 e. The summed E-state index contributed by atoms with van der Waals surface area (Å²) in [7, 11) is 0. The molecule has 0 aliphatic carbocycles. The molecule has 0 bridgehead atoms. The highest BCUT2D eigenvalue weighted by molar-refractivity contribution is 6.05. The van der Waals surface area contributed by atoms with Gasteiger partial charge in [0.1, 0.15) is 0 Å². The molecular formula is C10H16N2O2. The van der Waals surface area contributed by atoms with E-state index in [0.717, 1.165) is 12.8 Å². The van der Waals surface area contributed by atoms with Crippen molar-refractivity contribution in [3.8, 4) is 0 Å². The summed E-state index contributed by atoms with van der Waals surface area (Å²) < 4.78 is 0. The van der Waals surface area contributed by atoms with Crippen LogP contribution in [0.2, 0.25) is 0 Å². The van der Waals surface area contributed by atoms with Crippen LogP contribution in [0, 0.1) is 11.8 Å². The van der Waals surface area contributed by atoms with Gasteiger partial charge in [-0.25, -0.2) is 0 Å². The van der Waals surface area contributed by atoms with Gasteiger partial charge in [0.25, 0.3) is 0 Å². The largest absolute Gasteiger partial charge is 0.315 e. The Morgan fingerprint density at radius 3 is 2.36 bits per heavy atom. The summed E-state index contributed by atoms with van der Waals surface area (Å²) in [6.45, 7) is 4.03. The minimum atomic E-state index is -0.0700. The molecular weight excluding hydrogens is 180 g/mol. The minimum Gasteiger partial charge on any atom is -0.315 e. The first-order chi connectivity index (χ1) is 6.75. The van der Waals surface area contributed by atoms with Crippen molar-refractivity contribution in [2.45, 2.75) is 19.8 Å². The molecule has 0 spiro atoms. The first kappa shape index (κ1) is 9.65. The third kappa shape index (κ3) is 1.34. The summed E-state index contributed by atoms with van der Waals surface area (Å²) in [6, 6.07) is 0. The number of imide groups is 1. The maximum atomic E-state index is 11.8. The van der Waals surface area contributed by atoms with Crippen LogP contribution < -0.4 is 5.32 Å². The summed E-state index contributed by atoms with van der Waals surface area (Å²) in [5.41, 5.74) is 0. The quantitative estimate of drug-likeness (QED) is 0.646. The van der Waals surface area contributed by atoms with Crippen LogP contribution in [0.4, 0.5) is 0 Å². The van der Waals surface area contributed by atoms with Gasteiger partial charge in [-0.3, -0.25) is 14.5 Å². The van der Waals surface area contributed by atoms with Gasteiger partial charge in [-0.1, -0.05) is 13.3 Å². The Bertz CT molecular complexity index is 243. The molecule has 0 radical (unpaired) electrons. The van der Waals surface area contributed by atoms with E-state index in [2.05, 4.69) is 12.2 Å². The Balaban J connectivity index is 2.06. The first-order valence-corrected chi connectivity index (χ1v) is 5.31. The second-order valence-electron chi connectivity index (χ2n) is 4.05. The fraction of sp³-hybridized carbons (Fsp3) is 0.800. The van der Waals surface area contributed by atoms with E-state index in [1.807, 2.05) is 0 Å². The summed E-state index contributed by atoms with van der Waals surface area (Å²) in [6.07, 6.45) is 1.94. The van der Waals surface area contributed by atoms with Crippen LogP contribution in [0.1, 0.15) is 19.8 Å². The third-order valence-electron chi connectivity index (χ3n) is 3.12. The van der Waals surface area contributed by atoms with E-state index in [1.54, 1.807) is 0 Å². The second-order valence-corrected chi connectivity index (χ2v) is 4.05. The highest BCUT2D eigenvalue weighted by Gasteiger charge is 2.49. The maximum absolute atomic E-state index is 11.8. The number of hydrogen-bond acceptors (Lipinski definition) is 3. The Hall–Kier alpha value is -0.900. The summed E-state index contributed by atoms with van der Waals surface area (Å²) >= 11 is 0. The zero-order valence-corrected chi connectivity index (χ0v) is 8.45. The molecule has 14 heavy (non-hydrogen) atoms. The lowest BCUT2D eigenvalue weighted by Gasteiger charge is -2.14. The summed E-state index contributed by atoms with van der Waals surface area (Å²) in [4.78, 5) is 25.0. The van der Waals surface area contributed by atoms with Gasteiger partial charge in [-0.05, 0) is 6.42 Å². The van der Waals surface area contributed by atoms with E-state index < -0.39 is 0 Å². The van der Waals surface area contributed by atoms with Crippen molar-refractivity contribution in [2.75, 3.05) is 19.6 Å². The smallest absolute Gasteiger partial charge is 0.234 e. The predicted octanol–water partition coefficient (Wildman–Crippen LogP) is -0.00910. The van der Waals surface area contributed by atoms with Gasteiger partial charge in [-0.15, -0.1) is 0 Å². The molecule has 4 nitrogen and oxygen atoms in total. The van der Waals surface area contributed by atoms with Crippen molar-refractivity contribution >= 4 is 11.8 Å². The highest BCUT2D eigenvalue weighted by Crippen LogP contribution is 2.29. The van der Waals surface area contributed by atoms with Crippen LogP contribution in [0.25, 0.3) is 0 Å². The number of fused-ring (bicyclic) bond motifs is 1. The minimum absolute atomic E-state index is 0.0402. The topological polar surface area (TPSA) is 49.4 Å². The molecule has 2 aliphatic heterocycles. The Morgan fingerprint density at radius 1 is 1.29 bits per heavy atom. The average Bonchev–Trinajstić information content (AvgIpc) is 2.72. The van der Waals surface area contributed by atoms with Gasteiger partial charge >= 0.3 is 0 Å². The second kappa shape index (κ2) is 3.69. The van der Waals surface area contributed by atoms with Crippen LogP contribution in [-0.2, 0) is 9.59 Å². The molecule has 0 aromatic carbocycles. The molecule has 2 atom stereocenters. The van der Waals surface area contributed by atoms with Crippen molar-refractivity contribution in [1.29, 1.82) is 0 Å². The first-order valence-electron chi connectivity index (χ1n) is 5.31. The molecule has 2 heterocycles. The van der Waals surface area contributed by atoms with E-state index >= 15 is 0 Å². The molecule has 2 saturated heterocycles. The molecule has 0 saturated carbocycles. The van der Waals surface area contributed by atoms with Crippen molar-refractivity contribution < 1.29 is 9.59 Å². The number of rotatable bonds is 3. The molecule has 2 rings (SSSR count). The molecule has 0 aromatic rings. The number of unbranched alkanes of at least 4 members (excludes halogenated alkanes) is 1. The number of likely N-dealkylation sites (tertiary alicyclic amines) is 1. The Labute approximate surface area is 83.6 Å². The Morgan fingerprint density at radius 2 is 1.86 bits per heavy atom.